The highest BCUT2D eigenvalue weighted by Crippen LogP contribution is 2.29. The molecule has 0 aliphatic rings. The van der Waals surface area contributed by atoms with Crippen molar-refractivity contribution in [1.82, 2.24) is 0 Å². The minimum absolute atomic E-state index is 0.345. The van der Waals surface area contributed by atoms with Crippen LogP contribution < -0.4 is 4.90 Å². The summed E-state index contributed by atoms with van der Waals surface area (Å²) >= 11 is 1.77. The normalized spacial score (nSPS) is 11.9. The summed E-state index contributed by atoms with van der Waals surface area (Å²) in [6, 6.07) is 12.8. The summed E-state index contributed by atoms with van der Waals surface area (Å²) < 4.78 is 0. The summed E-state index contributed by atoms with van der Waals surface area (Å²) in [5.74, 6) is 0. The van der Waals surface area contributed by atoms with Crippen LogP contribution in [0.5, 0.6) is 0 Å². The van der Waals surface area contributed by atoms with Gasteiger partial charge < -0.3 is 4.90 Å². The number of anilines is 1. The fraction of sp³-hybridized carbons (Fsp3) is 0.267. The number of thiophene rings is 1. The molecule has 1 unspecified atom stereocenters. The molecule has 3 heteroatoms. The third-order valence-electron chi connectivity index (χ3n) is 3.27. The van der Waals surface area contributed by atoms with Gasteiger partial charge in [-0.25, -0.2) is 0 Å². The topological polar surface area (TPSA) is 27.0 Å². The Balaban J connectivity index is 2.27. The first-order chi connectivity index (χ1) is 8.63. The van der Waals surface area contributed by atoms with E-state index in [1.54, 1.807) is 11.3 Å². The molecule has 1 heterocycles. The summed E-state index contributed by atoms with van der Waals surface area (Å²) in [5.41, 5.74) is 2.92. The molecule has 1 atom stereocenters. The van der Waals surface area contributed by atoms with E-state index in [4.69, 9.17) is 5.26 Å². The standard InChI is InChI=1S/C15H16N2S/c1-11-9-14(7-6-13(11)10-16)17(3)12(2)15-5-4-8-18-15/h4-9,12H,1-3H3. The van der Waals surface area contributed by atoms with E-state index in [9.17, 15) is 0 Å². The molecule has 0 fully saturated rings. The highest BCUT2D eigenvalue weighted by Gasteiger charge is 2.13. The Bertz CT molecular complexity index is 567. The second-order valence-corrected chi connectivity index (χ2v) is 5.39. The Kier molecular flexibility index (Phi) is 3.69. The quantitative estimate of drug-likeness (QED) is 0.825. The van der Waals surface area contributed by atoms with E-state index in [2.05, 4.69) is 48.5 Å². The van der Waals surface area contributed by atoms with Gasteiger partial charge in [0.05, 0.1) is 17.7 Å². The van der Waals surface area contributed by atoms with Gasteiger partial charge in [0.15, 0.2) is 0 Å². The number of benzene rings is 1. The molecule has 1 aromatic carbocycles. The average molecular weight is 256 g/mol. The molecule has 0 amide bonds. The molecule has 92 valence electrons. The Morgan fingerprint density at radius 3 is 2.67 bits per heavy atom. The van der Waals surface area contributed by atoms with E-state index in [0.717, 1.165) is 16.8 Å². The van der Waals surface area contributed by atoms with E-state index < -0.39 is 0 Å². The average Bonchev–Trinajstić information content (AvgIpc) is 2.90. The predicted octanol–water partition coefficient (Wildman–Crippen LogP) is 4.13. The molecule has 2 rings (SSSR count). The Labute approximate surface area is 112 Å². The monoisotopic (exact) mass is 256 g/mol. The third kappa shape index (κ3) is 2.39. The molecule has 0 aliphatic heterocycles. The lowest BCUT2D eigenvalue weighted by Gasteiger charge is -2.26. The zero-order chi connectivity index (χ0) is 13.1. The van der Waals surface area contributed by atoms with Gasteiger partial charge in [-0.15, -0.1) is 11.3 Å². The summed E-state index contributed by atoms with van der Waals surface area (Å²) in [6.07, 6.45) is 0. The number of hydrogen-bond donors (Lipinski definition) is 0. The number of nitriles is 1. The van der Waals surface area contributed by atoms with Gasteiger partial charge in [-0.1, -0.05) is 6.07 Å². The van der Waals surface area contributed by atoms with Gasteiger partial charge in [0.1, 0.15) is 0 Å². The SMILES string of the molecule is Cc1cc(N(C)C(C)c2cccs2)ccc1C#N. The first kappa shape index (κ1) is 12.7. The zero-order valence-electron chi connectivity index (χ0n) is 10.8. The minimum atomic E-state index is 0.345. The number of rotatable bonds is 3. The van der Waals surface area contributed by atoms with Gasteiger partial charge in [-0.05, 0) is 49.1 Å². The first-order valence-corrected chi connectivity index (χ1v) is 6.78. The van der Waals surface area contributed by atoms with Crippen LogP contribution in [0.1, 0.15) is 29.0 Å². The molecular formula is C15H16N2S. The molecule has 0 N–H and O–H groups in total. The van der Waals surface area contributed by atoms with Crippen molar-refractivity contribution >= 4 is 17.0 Å². The van der Waals surface area contributed by atoms with Crippen molar-refractivity contribution in [3.8, 4) is 6.07 Å². The molecule has 2 aromatic rings. The summed E-state index contributed by atoms with van der Waals surface area (Å²) in [4.78, 5) is 3.58. The highest BCUT2D eigenvalue weighted by molar-refractivity contribution is 7.10. The number of hydrogen-bond acceptors (Lipinski definition) is 3. The minimum Gasteiger partial charge on any atom is -0.367 e. The number of nitrogens with zero attached hydrogens (tertiary/aromatic N) is 2. The van der Waals surface area contributed by atoms with Crippen molar-refractivity contribution in [2.24, 2.45) is 0 Å². The molecule has 0 saturated heterocycles. The number of aryl methyl sites for hydroxylation is 1. The van der Waals surface area contributed by atoms with Crippen molar-refractivity contribution < 1.29 is 0 Å². The lowest BCUT2D eigenvalue weighted by atomic mass is 10.1. The maximum absolute atomic E-state index is 8.95. The molecule has 0 spiro atoms. The van der Waals surface area contributed by atoms with Crippen molar-refractivity contribution in [3.05, 3.63) is 51.7 Å². The lowest BCUT2D eigenvalue weighted by Crippen LogP contribution is -2.20. The molecule has 2 nitrogen and oxygen atoms in total. The van der Waals surface area contributed by atoms with Crippen molar-refractivity contribution in [2.75, 3.05) is 11.9 Å². The van der Waals surface area contributed by atoms with Gasteiger partial charge in [0.25, 0.3) is 0 Å². The van der Waals surface area contributed by atoms with E-state index in [0.29, 0.717) is 6.04 Å². The van der Waals surface area contributed by atoms with Crippen LogP contribution in [0.3, 0.4) is 0 Å². The van der Waals surface area contributed by atoms with Crippen LogP contribution in [0, 0.1) is 18.3 Å². The Morgan fingerprint density at radius 1 is 1.33 bits per heavy atom. The van der Waals surface area contributed by atoms with Gasteiger partial charge >= 0.3 is 0 Å². The van der Waals surface area contributed by atoms with Crippen LogP contribution in [0.15, 0.2) is 35.7 Å². The van der Waals surface area contributed by atoms with Crippen LogP contribution in [0.25, 0.3) is 0 Å². The van der Waals surface area contributed by atoms with E-state index >= 15 is 0 Å². The highest BCUT2D eigenvalue weighted by atomic mass is 32.1. The van der Waals surface area contributed by atoms with E-state index in [1.807, 2.05) is 19.1 Å². The third-order valence-corrected chi connectivity index (χ3v) is 4.32. The molecule has 1 aromatic heterocycles. The largest absolute Gasteiger partial charge is 0.367 e. The van der Waals surface area contributed by atoms with Crippen molar-refractivity contribution in [3.63, 3.8) is 0 Å². The van der Waals surface area contributed by atoms with Gasteiger partial charge in [0, 0.05) is 17.6 Å². The second-order valence-electron chi connectivity index (χ2n) is 4.41. The maximum atomic E-state index is 8.95. The van der Waals surface area contributed by atoms with Crippen LogP contribution in [0.2, 0.25) is 0 Å². The molecular weight excluding hydrogens is 240 g/mol. The van der Waals surface area contributed by atoms with Crippen molar-refractivity contribution in [2.45, 2.75) is 19.9 Å². The fourth-order valence-corrected chi connectivity index (χ4v) is 2.76. The Morgan fingerprint density at radius 2 is 2.11 bits per heavy atom. The Hall–Kier alpha value is -1.79. The molecule has 0 aliphatic carbocycles. The van der Waals surface area contributed by atoms with Crippen molar-refractivity contribution in [1.29, 1.82) is 5.26 Å². The maximum Gasteiger partial charge on any atom is 0.0994 e. The zero-order valence-corrected chi connectivity index (χ0v) is 11.7. The molecule has 18 heavy (non-hydrogen) atoms. The summed E-state index contributed by atoms with van der Waals surface area (Å²) in [7, 11) is 2.09. The second kappa shape index (κ2) is 5.24. The van der Waals surface area contributed by atoms with Crippen LogP contribution >= 0.6 is 11.3 Å². The van der Waals surface area contributed by atoms with E-state index in [1.165, 1.54) is 4.88 Å². The van der Waals surface area contributed by atoms with Gasteiger partial charge in [-0.2, -0.15) is 5.26 Å². The summed E-state index contributed by atoms with van der Waals surface area (Å²) in [5, 5.41) is 11.0. The summed E-state index contributed by atoms with van der Waals surface area (Å²) in [6.45, 7) is 4.17. The van der Waals surface area contributed by atoms with Crippen LogP contribution in [-0.2, 0) is 0 Å². The van der Waals surface area contributed by atoms with Gasteiger partial charge in [-0.3, -0.25) is 0 Å². The lowest BCUT2D eigenvalue weighted by molar-refractivity contribution is 0.754. The predicted molar refractivity (Wildman–Crippen MR) is 77.0 cm³/mol. The van der Waals surface area contributed by atoms with Crippen LogP contribution in [0.4, 0.5) is 5.69 Å². The fourth-order valence-electron chi connectivity index (χ4n) is 1.94. The molecule has 0 saturated carbocycles. The van der Waals surface area contributed by atoms with Gasteiger partial charge in [0.2, 0.25) is 0 Å². The van der Waals surface area contributed by atoms with Crippen LogP contribution in [-0.4, -0.2) is 7.05 Å². The molecule has 0 radical (unpaired) electrons. The van der Waals surface area contributed by atoms with E-state index in [-0.39, 0.29) is 0 Å². The molecule has 0 bridgehead atoms. The first-order valence-electron chi connectivity index (χ1n) is 5.90. The smallest absolute Gasteiger partial charge is 0.0994 e.